The molecular formula is C18H17ClN2O. The summed E-state index contributed by atoms with van der Waals surface area (Å²) in [5.41, 5.74) is 9.74. The number of methoxy groups -OCH3 is 1. The van der Waals surface area contributed by atoms with E-state index in [4.69, 9.17) is 22.1 Å². The average molecular weight is 313 g/mol. The second-order valence-corrected chi connectivity index (χ2v) is 5.60. The molecule has 3 rings (SSSR count). The maximum Gasteiger partial charge on any atom is 0.126 e. The highest BCUT2D eigenvalue weighted by molar-refractivity contribution is 6.36. The molecule has 0 saturated heterocycles. The third kappa shape index (κ3) is 2.43. The van der Waals surface area contributed by atoms with Gasteiger partial charge in [-0.3, -0.25) is 4.98 Å². The van der Waals surface area contributed by atoms with E-state index in [0.717, 1.165) is 38.9 Å². The summed E-state index contributed by atoms with van der Waals surface area (Å²) in [6.07, 6.45) is 1.83. The Kier molecular flexibility index (Phi) is 4.01. The molecule has 0 spiro atoms. The number of nitrogens with zero attached hydrogens (tertiary/aromatic N) is 1. The molecule has 0 unspecified atom stereocenters. The number of fused-ring (bicyclic) bond motifs is 1. The van der Waals surface area contributed by atoms with E-state index in [1.807, 2.05) is 36.5 Å². The van der Waals surface area contributed by atoms with E-state index < -0.39 is 0 Å². The molecule has 0 bridgehead atoms. The molecule has 3 aromatic rings. The lowest BCUT2D eigenvalue weighted by Crippen LogP contribution is -2.01. The minimum atomic E-state index is 0.377. The van der Waals surface area contributed by atoms with Gasteiger partial charge in [-0.05, 0) is 25.1 Å². The van der Waals surface area contributed by atoms with E-state index in [-0.39, 0.29) is 0 Å². The number of pyridine rings is 1. The van der Waals surface area contributed by atoms with Crippen LogP contribution >= 0.6 is 11.6 Å². The largest absolute Gasteiger partial charge is 0.496 e. The van der Waals surface area contributed by atoms with Crippen LogP contribution in [-0.4, -0.2) is 12.1 Å². The van der Waals surface area contributed by atoms with Gasteiger partial charge in [0.2, 0.25) is 0 Å². The zero-order chi connectivity index (χ0) is 15.7. The maximum absolute atomic E-state index is 6.47. The molecule has 0 aliphatic rings. The van der Waals surface area contributed by atoms with E-state index in [1.165, 1.54) is 0 Å². The van der Waals surface area contributed by atoms with Gasteiger partial charge in [-0.25, -0.2) is 0 Å². The lowest BCUT2D eigenvalue weighted by Gasteiger charge is -2.14. The van der Waals surface area contributed by atoms with Crippen LogP contribution in [0.3, 0.4) is 0 Å². The Morgan fingerprint density at radius 1 is 1.18 bits per heavy atom. The number of rotatable bonds is 3. The van der Waals surface area contributed by atoms with Crippen LogP contribution in [0, 0.1) is 6.92 Å². The Balaban J connectivity index is 2.40. The van der Waals surface area contributed by atoms with Crippen molar-refractivity contribution in [2.24, 2.45) is 5.73 Å². The molecule has 2 N–H and O–H groups in total. The van der Waals surface area contributed by atoms with Gasteiger partial charge < -0.3 is 10.5 Å². The smallest absolute Gasteiger partial charge is 0.126 e. The van der Waals surface area contributed by atoms with Gasteiger partial charge in [0, 0.05) is 39.7 Å². The normalized spacial score (nSPS) is 10.9. The highest BCUT2D eigenvalue weighted by Crippen LogP contribution is 2.38. The molecule has 22 heavy (non-hydrogen) atoms. The summed E-state index contributed by atoms with van der Waals surface area (Å²) in [4.78, 5) is 4.51. The summed E-state index contributed by atoms with van der Waals surface area (Å²) >= 11 is 6.47. The van der Waals surface area contributed by atoms with Crippen molar-refractivity contribution >= 4 is 22.4 Å². The molecule has 0 atom stereocenters. The quantitative estimate of drug-likeness (QED) is 0.783. The summed E-state index contributed by atoms with van der Waals surface area (Å²) in [6, 6.07) is 11.9. The molecule has 0 saturated carbocycles. The van der Waals surface area contributed by atoms with Crippen molar-refractivity contribution < 1.29 is 4.74 Å². The van der Waals surface area contributed by atoms with Crippen molar-refractivity contribution in [1.29, 1.82) is 0 Å². The number of nitrogens with two attached hydrogens (primary N) is 1. The predicted octanol–water partition coefficient (Wildman–Crippen LogP) is 4.33. The summed E-state index contributed by atoms with van der Waals surface area (Å²) in [5.74, 6) is 0.800. The lowest BCUT2D eigenvalue weighted by molar-refractivity contribution is 0.416. The molecule has 0 aliphatic carbocycles. The fraction of sp³-hybridized carbons (Fsp3) is 0.167. The van der Waals surface area contributed by atoms with Gasteiger partial charge in [-0.2, -0.15) is 0 Å². The van der Waals surface area contributed by atoms with Gasteiger partial charge in [0.25, 0.3) is 0 Å². The Morgan fingerprint density at radius 3 is 2.73 bits per heavy atom. The standard InChI is InChI=1S/C18H17ClN2O/c1-11-6-7-17(22-2)13(8-11)14-10-21-16(9-20)12-4-3-5-15(19)18(12)14/h3-8,10H,9,20H2,1-2H3. The van der Waals surface area contributed by atoms with Crippen molar-refractivity contribution in [3.05, 3.63) is 58.9 Å². The molecule has 3 nitrogen and oxygen atoms in total. The number of halogens is 1. The molecule has 4 heteroatoms. The Hall–Kier alpha value is -2.10. The highest BCUT2D eigenvalue weighted by atomic mass is 35.5. The SMILES string of the molecule is COc1ccc(C)cc1-c1cnc(CN)c2cccc(Cl)c12. The number of ether oxygens (including phenoxy) is 1. The summed E-state index contributed by atoms with van der Waals surface area (Å²) in [7, 11) is 1.67. The fourth-order valence-corrected chi connectivity index (χ4v) is 2.99. The molecule has 0 fully saturated rings. The first-order valence-corrected chi connectivity index (χ1v) is 7.44. The maximum atomic E-state index is 6.47. The lowest BCUT2D eigenvalue weighted by atomic mass is 9.97. The van der Waals surface area contributed by atoms with Crippen LogP contribution in [0.1, 0.15) is 11.3 Å². The zero-order valence-corrected chi connectivity index (χ0v) is 13.3. The number of aryl methyl sites for hydroxylation is 1. The highest BCUT2D eigenvalue weighted by Gasteiger charge is 2.14. The van der Waals surface area contributed by atoms with Gasteiger partial charge in [-0.15, -0.1) is 0 Å². The topological polar surface area (TPSA) is 48.1 Å². The summed E-state index contributed by atoms with van der Waals surface area (Å²) in [5, 5.41) is 2.63. The van der Waals surface area contributed by atoms with Crippen molar-refractivity contribution in [3.63, 3.8) is 0 Å². The molecule has 1 aromatic heterocycles. The molecular weight excluding hydrogens is 296 g/mol. The van der Waals surface area contributed by atoms with Gasteiger partial charge >= 0.3 is 0 Å². The fourth-order valence-electron chi connectivity index (χ4n) is 2.71. The minimum Gasteiger partial charge on any atom is -0.496 e. The second kappa shape index (κ2) is 5.95. The van der Waals surface area contributed by atoms with Crippen LogP contribution in [0.2, 0.25) is 5.02 Å². The number of hydrogen-bond donors (Lipinski definition) is 1. The Morgan fingerprint density at radius 2 is 2.00 bits per heavy atom. The molecule has 2 aromatic carbocycles. The van der Waals surface area contributed by atoms with E-state index in [1.54, 1.807) is 7.11 Å². The van der Waals surface area contributed by atoms with E-state index in [9.17, 15) is 0 Å². The summed E-state index contributed by atoms with van der Waals surface area (Å²) in [6.45, 7) is 2.43. The first-order chi connectivity index (χ1) is 10.7. The van der Waals surface area contributed by atoms with Crippen molar-refractivity contribution in [3.8, 4) is 16.9 Å². The third-order valence-electron chi connectivity index (χ3n) is 3.78. The number of aromatic nitrogens is 1. The van der Waals surface area contributed by atoms with Crippen LogP contribution in [0.15, 0.2) is 42.6 Å². The minimum absolute atomic E-state index is 0.377. The van der Waals surface area contributed by atoms with Gasteiger partial charge in [0.05, 0.1) is 12.8 Å². The Labute approximate surface area is 134 Å². The number of hydrogen-bond acceptors (Lipinski definition) is 3. The van der Waals surface area contributed by atoms with Crippen molar-refractivity contribution in [2.45, 2.75) is 13.5 Å². The van der Waals surface area contributed by atoms with Crippen LogP contribution in [0.25, 0.3) is 21.9 Å². The van der Waals surface area contributed by atoms with Crippen LogP contribution in [-0.2, 0) is 6.54 Å². The molecule has 112 valence electrons. The molecule has 0 amide bonds. The first kappa shape index (κ1) is 14.8. The zero-order valence-electron chi connectivity index (χ0n) is 12.6. The van der Waals surface area contributed by atoms with Crippen LogP contribution in [0.5, 0.6) is 5.75 Å². The van der Waals surface area contributed by atoms with E-state index in [0.29, 0.717) is 11.6 Å². The molecule has 0 radical (unpaired) electrons. The van der Waals surface area contributed by atoms with Gasteiger partial charge in [0.15, 0.2) is 0 Å². The van der Waals surface area contributed by atoms with E-state index in [2.05, 4.69) is 18.0 Å². The van der Waals surface area contributed by atoms with Crippen molar-refractivity contribution in [1.82, 2.24) is 4.98 Å². The predicted molar refractivity (Wildman–Crippen MR) is 91.4 cm³/mol. The number of benzene rings is 2. The van der Waals surface area contributed by atoms with Crippen LogP contribution < -0.4 is 10.5 Å². The van der Waals surface area contributed by atoms with Crippen LogP contribution in [0.4, 0.5) is 0 Å². The van der Waals surface area contributed by atoms with Gasteiger partial charge in [0.1, 0.15) is 5.75 Å². The molecule has 1 heterocycles. The first-order valence-electron chi connectivity index (χ1n) is 7.07. The monoisotopic (exact) mass is 312 g/mol. The van der Waals surface area contributed by atoms with Gasteiger partial charge in [-0.1, -0.05) is 35.4 Å². The average Bonchev–Trinajstić information content (AvgIpc) is 2.54. The van der Waals surface area contributed by atoms with Crippen molar-refractivity contribution in [2.75, 3.05) is 7.11 Å². The third-order valence-corrected chi connectivity index (χ3v) is 4.10. The molecule has 0 aliphatic heterocycles. The Bertz CT molecular complexity index is 846. The second-order valence-electron chi connectivity index (χ2n) is 5.19. The van der Waals surface area contributed by atoms with E-state index >= 15 is 0 Å². The summed E-state index contributed by atoms with van der Waals surface area (Å²) < 4.78 is 5.50.